The van der Waals surface area contributed by atoms with Gasteiger partial charge >= 0.3 is 0 Å². The Balaban J connectivity index is 2.11. The maximum atomic E-state index is 6.35. The lowest BCUT2D eigenvalue weighted by Crippen LogP contribution is -2.30. The lowest BCUT2D eigenvalue weighted by molar-refractivity contribution is 0.568. The summed E-state index contributed by atoms with van der Waals surface area (Å²) in [7, 11) is 0. The Kier molecular flexibility index (Phi) is 2.87. The molecule has 0 saturated heterocycles. The van der Waals surface area contributed by atoms with Crippen LogP contribution < -0.4 is 5.32 Å². The Morgan fingerprint density at radius 1 is 1.00 bits per heavy atom. The molecule has 0 spiro atoms. The van der Waals surface area contributed by atoms with Crippen LogP contribution in [0.4, 0.5) is 0 Å². The quantitative estimate of drug-likeness (QED) is 0.808. The van der Waals surface area contributed by atoms with Crippen molar-refractivity contribution in [1.29, 1.82) is 0 Å². The molecule has 1 unspecified atom stereocenters. The summed E-state index contributed by atoms with van der Waals surface area (Å²) in [6.45, 7) is 1.01. The Morgan fingerprint density at radius 3 is 2.65 bits per heavy atom. The van der Waals surface area contributed by atoms with Gasteiger partial charge < -0.3 is 5.32 Å². The summed E-state index contributed by atoms with van der Waals surface area (Å²) in [5.41, 5.74) is 3.89. The van der Waals surface area contributed by atoms with Gasteiger partial charge in [0.1, 0.15) is 0 Å². The number of nitrogens with one attached hydrogen (secondary N) is 1. The second-order valence-corrected chi connectivity index (χ2v) is 4.77. The molecule has 1 aliphatic heterocycles. The van der Waals surface area contributed by atoms with Gasteiger partial charge in [0.15, 0.2) is 0 Å². The first kappa shape index (κ1) is 10.8. The minimum Gasteiger partial charge on any atom is -0.306 e. The number of fused-ring (bicyclic) bond motifs is 1. The standard InChI is InChI=1S/C15H14ClN/c16-13-8-4-7-11-9-10-17-15(14(11)13)12-5-2-1-3-6-12/h1-8,15,17H,9-10H2. The molecule has 0 saturated carbocycles. The van der Waals surface area contributed by atoms with Gasteiger partial charge in [-0.1, -0.05) is 54.1 Å². The molecule has 0 aromatic heterocycles. The summed E-state index contributed by atoms with van der Waals surface area (Å²) in [6, 6.07) is 16.9. The Labute approximate surface area is 106 Å². The van der Waals surface area contributed by atoms with Gasteiger partial charge in [0.25, 0.3) is 0 Å². The van der Waals surface area contributed by atoms with Crippen LogP contribution in [0.25, 0.3) is 0 Å². The molecule has 2 aromatic rings. The predicted molar refractivity (Wildman–Crippen MR) is 71.4 cm³/mol. The van der Waals surface area contributed by atoms with E-state index in [1.807, 2.05) is 18.2 Å². The Bertz CT molecular complexity index is 522. The highest BCUT2D eigenvalue weighted by Crippen LogP contribution is 2.33. The third-order valence-corrected chi connectivity index (χ3v) is 3.64. The van der Waals surface area contributed by atoms with Gasteiger partial charge in [-0.05, 0) is 29.2 Å². The van der Waals surface area contributed by atoms with Crippen molar-refractivity contribution in [3.63, 3.8) is 0 Å². The molecule has 3 rings (SSSR count). The summed E-state index contributed by atoms with van der Waals surface area (Å²) in [5, 5.41) is 4.41. The fourth-order valence-electron chi connectivity index (χ4n) is 2.51. The lowest BCUT2D eigenvalue weighted by atomic mass is 9.90. The highest BCUT2D eigenvalue weighted by Gasteiger charge is 2.23. The topological polar surface area (TPSA) is 12.0 Å². The van der Waals surface area contributed by atoms with E-state index < -0.39 is 0 Å². The van der Waals surface area contributed by atoms with Crippen LogP contribution in [0.1, 0.15) is 22.7 Å². The lowest BCUT2D eigenvalue weighted by Gasteiger charge is -2.28. The van der Waals surface area contributed by atoms with Gasteiger partial charge in [0.05, 0.1) is 6.04 Å². The molecule has 0 radical (unpaired) electrons. The molecule has 1 aliphatic rings. The van der Waals surface area contributed by atoms with Crippen molar-refractivity contribution in [3.05, 3.63) is 70.2 Å². The summed E-state index contributed by atoms with van der Waals surface area (Å²) in [6.07, 6.45) is 1.05. The molecule has 1 N–H and O–H groups in total. The third kappa shape index (κ3) is 1.97. The minimum atomic E-state index is 0.230. The second kappa shape index (κ2) is 4.52. The molecule has 0 aliphatic carbocycles. The van der Waals surface area contributed by atoms with Crippen LogP contribution in [0.5, 0.6) is 0 Å². The van der Waals surface area contributed by atoms with Crippen molar-refractivity contribution in [1.82, 2.24) is 5.32 Å². The zero-order valence-corrected chi connectivity index (χ0v) is 10.2. The molecule has 2 aromatic carbocycles. The summed E-state index contributed by atoms with van der Waals surface area (Å²) >= 11 is 6.35. The molecule has 0 amide bonds. The second-order valence-electron chi connectivity index (χ2n) is 4.36. The number of benzene rings is 2. The van der Waals surface area contributed by atoms with E-state index in [0.717, 1.165) is 18.0 Å². The third-order valence-electron chi connectivity index (χ3n) is 3.31. The van der Waals surface area contributed by atoms with Crippen LogP contribution in [-0.2, 0) is 6.42 Å². The molecular formula is C15H14ClN. The van der Waals surface area contributed by atoms with E-state index in [4.69, 9.17) is 11.6 Å². The molecule has 0 fully saturated rings. The summed E-state index contributed by atoms with van der Waals surface area (Å²) in [4.78, 5) is 0. The van der Waals surface area contributed by atoms with E-state index in [0.29, 0.717) is 0 Å². The van der Waals surface area contributed by atoms with E-state index in [-0.39, 0.29) is 6.04 Å². The van der Waals surface area contributed by atoms with Gasteiger partial charge in [0.2, 0.25) is 0 Å². The SMILES string of the molecule is Clc1cccc2c1C(c1ccccc1)NCC2. The predicted octanol–water partition coefficient (Wildman–Crippen LogP) is 3.58. The van der Waals surface area contributed by atoms with Crippen molar-refractivity contribution in [2.45, 2.75) is 12.5 Å². The fraction of sp³-hybridized carbons (Fsp3) is 0.200. The molecule has 1 nitrogen and oxygen atoms in total. The van der Waals surface area contributed by atoms with Crippen LogP contribution in [0.15, 0.2) is 48.5 Å². The van der Waals surface area contributed by atoms with Crippen molar-refractivity contribution < 1.29 is 0 Å². The largest absolute Gasteiger partial charge is 0.306 e. The molecule has 17 heavy (non-hydrogen) atoms. The Morgan fingerprint density at radius 2 is 1.82 bits per heavy atom. The maximum absolute atomic E-state index is 6.35. The van der Waals surface area contributed by atoms with Crippen LogP contribution in [0.2, 0.25) is 5.02 Å². The van der Waals surface area contributed by atoms with Crippen molar-refractivity contribution in [3.8, 4) is 0 Å². The summed E-state index contributed by atoms with van der Waals surface area (Å²) < 4.78 is 0. The van der Waals surface area contributed by atoms with Crippen molar-refractivity contribution in [2.24, 2.45) is 0 Å². The number of hydrogen-bond acceptors (Lipinski definition) is 1. The van der Waals surface area contributed by atoms with E-state index in [1.165, 1.54) is 16.7 Å². The zero-order chi connectivity index (χ0) is 11.7. The average molecular weight is 244 g/mol. The van der Waals surface area contributed by atoms with Crippen LogP contribution in [-0.4, -0.2) is 6.54 Å². The minimum absolute atomic E-state index is 0.230. The van der Waals surface area contributed by atoms with Gasteiger partial charge in [-0.25, -0.2) is 0 Å². The van der Waals surface area contributed by atoms with Gasteiger partial charge in [-0.2, -0.15) is 0 Å². The van der Waals surface area contributed by atoms with Crippen LogP contribution in [0.3, 0.4) is 0 Å². The van der Waals surface area contributed by atoms with Crippen molar-refractivity contribution >= 4 is 11.6 Å². The first-order valence-corrected chi connectivity index (χ1v) is 6.29. The highest BCUT2D eigenvalue weighted by molar-refractivity contribution is 6.31. The summed E-state index contributed by atoms with van der Waals surface area (Å²) in [5.74, 6) is 0. The van der Waals surface area contributed by atoms with Crippen molar-refractivity contribution in [2.75, 3.05) is 6.54 Å². The first-order chi connectivity index (χ1) is 8.36. The van der Waals surface area contributed by atoms with E-state index in [2.05, 4.69) is 35.6 Å². The number of halogens is 1. The normalized spacial score (nSPS) is 18.8. The Hall–Kier alpha value is -1.31. The molecule has 86 valence electrons. The van der Waals surface area contributed by atoms with Gasteiger partial charge in [-0.3, -0.25) is 0 Å². The number of rotatable bonds is 1. The molecule has 1 heterocycles. The van der Waals surface area contributed by atoms with Gasteiger partial charge in [0, 0.05) is 11.6 Å². The monoisotopic (exact) mass is 243 g/mol. The molecular weight excluding hydrogens is 230 g/mol. The molecule has 1 atom stereocenters. The fourth-order valence-corrected chi connectivity index (χ4v) is 2.81. The molecule has 2 heteroatoms. The van der Waals surface area contributed by atoms with E-state index in [9.17, 15) is 0 Å². The van der Waals surface area contributed by atoms with Gasteiger partial charge in [-0.15, -0.1) is 0 Å². The van der Waals surface area contributed by atoms with Crippen LogP contribution in [0, 0.1) is 0 Å². The van der Waals surface area contributed by atoms with Crippen LogP contribution >= 0.6 is 11.6 Å². The zero-order valence-electron chi connectivity index (χ0n) is 9.49. The van der Waals surface area contributed by atoms with E-state index >= 15 is 0 Å². The smallest absolute Gasteiger partial charge is 0.0594 e. The number of hydrogen-bond donors (Lipinski definition) is 1. The average Bonchev–Trinajstić information content (AvgIpc) is 2.39. The molecule has 0 bridgehead atoms. The highest BCUT2D eigenvalue weighted by atomic mass is 35.5. The first-order valence-electron chi connectivity index (χ1n) is 5.92. The van der Waals surface area contributed by atoms with E-state index in [1.54, 1.807) is 0 Å². The maximum Gasteiger partial charge on any atom is 0.0594 e.